The number of benzene rings is 1. The highest BCUT2D eigenvalue weighted by atomic mass is 32.2. The minimum atomic E-state index is -0.281. The molecule has 0 N–H and O–H groups in total. The zero-order chi connectivity index (χ0) is 20.2. The van der Waals surface area contributed by atoms with Crippen LogP contribution < -0.4 is 4.74 Å². The van der Waals surface area contributed by atoms with E-state index in [1.165, 1.54) is 23.5 Å². The Morgan fingerprint density at radius 2 is 1.93 bits per heavy atom. The molecule has 3 heterocycles. The molecule has 0 saturated heterocycles. The molecule has 0 aliphatic heterocycles. The van der Waals surface area contributed by atoms with Crippen molar-refractivity contribution in [2.24, 2.45) is 0 Å². The number of hydrogen-bond acceptors (Lipinski definition) is 7. The highest BCUT2D eigenvalue weighted by Gasteiger charge is 2.08. The lowest BCUT2D eigenvalue weighted by Crippen LogP contribution is -2.03. The summed E-state index contributed by atoms with van der Waals surface area (Å²) in [4.78, 5) is 4.57. The minimum absolute atomic E-state index is 0.281. The van der Waals surface area contributed by atoms with Crippen LogP contribution in [0, 0.1) is 19.7 Å². The van der Waals surface area contributed by atoms with E-state index in [1.54, 1.807) is 28.6 Å². The molecule has 0 amide bonds. The maximum atomic E-state index is 12.9. The lowest BCUT2D eigenvalue weighted by molar-refractivity contribution is 0.305. The highest BCUT2D eigenvalue weighted by molar-refractivity contribution is 7.98. The van der Waals surface area contributed by atoms with Gasteiger partial charge in [0.15, 0.2) is 5.82 Å². The van der Waals surface area contributed by atoms with Gasteiger partial charge in [-0.3, -0.25) is 0 Å². The van der Waals surface area contributed by atoms with E-state index in [-0.39, 0.29) is 5.82 Å². The van der Waals surface area contributed by atoms with Gasteiger partial charge in [0.05, 0.1) is 11.4 Å². The number of ether oxygens (including phenoxy) is 1. The molecule has 0 spiro atoms. The number of aryl methyl sites for hydroxylation is 2. The van der Waals surface area contributed by atoms with Gasteiger partial charge in [-0.05, 0) is 56.3 Å². The monoisotopic (exact) mass is 427 g/mol. The van der Waals surface area contributed by atoms with Gasteiger partial charge in [0.25, 0.3) is 0 Å². The zero-order valence-corrected chi connectivity index (χ0v) is 17.5. The summed E-state index contributed by atoms with van der Waals surface area (Å²) >= 11 is 3.11. The fraction of sp³-hybridized carbons (Fsp3) is 0.200. The van der Waals surface area contributed by atoms with E-state index in [4.69, 9.17) is 4.74 Å². The Bertz CT molecular complexity index is 1090. The van der Waals surface area contributed by atoms with Gasteiger partial charge in [-0.2, -0.15) is 5.10 Å². The molecule has 0 aliphatic carbocycles. The number of halogens is 1. The maximum absolute atomic E-state index is 12.9. The molecular formula is C20H18FN5OS2. The van der Waals surface area contributed by atoms with E-state index >= 15 is 0 Å². The van der Waals surface area contributed by atoms with Crippen molar-refractivity contribution >= 4 is 23.1 Å². The van der Waals surface area contributed by atoms with Crippen LogP contribution in [0.25, 0.3) is 5.82 Å². The molecule has 0 unspecified atom stereocenters. The average Bonchev–Trinajstić information content (AvgIpc) is 3.32. The van der Waals surface area contributed by atoms with Crippen molar-refractivity contribution in [1.82, 2.24) is 25.0 Å². The summed E-state index contributed by atoms with van der Waals surface area (Å²) < 4.78 is 20.3. The number of thiazole rings is 1. The SMILES string of the molecule is Cc1cc(C)n(-c2ccc(SCc3csc(COc4ccc(F)cc4)n3)nn2)n1. The van der Waals surface area contributed by atoms with Crippen molar-refractivity contribution < 1.29 is 9.13 Å². The Labute approximate surface area is 175 Å². The smallest absolute Gasteiger partial charge is 0.175 e. The number of aromatic nitrogens is 5. The molecule has 0 bridgehead atoms. The van der Waals surface area contributed by atoms with Crippen molar-refractivity contribution in [3.05, 3.63) is 75.8 Å². The van der Waals surface area contributed by atoms with Gasteiger partial charge >= 0.3 is 0 Å². The number of thioether (sulfide) groups is 1. The third kappa shape index (κ3) is 4.99. The van der Waals surface area contributed by atoms with E-state index in [0.717, 1.165) is 27.1 Å². The Morgan fingerprint density at radius 3 is 2.62 bits per heavy atom. The van der Waals surface area contributed by atoms with E-state index in [0.29, 0.717) is 23.9 Å². The Morgan fingerprint density at radius 1 is 1.10 bits per heavy atom. The molecule has 0 aliphatic rings. The second kappa shape index (κ2) is 8.71. The molecule has 148 valence electrons. The molecule has 4 aromatic rings. The Balaban J connectivity index is 1.31. The third-order valence-electron chi connectivity index (χ3n) is 4.00. The summed E-state index contributed by atoms with van der Waals surface area (Å²) in [6.07, 6.45) is 0. The van der Waals surface area contributed by atoms with Crippen molar-refractivity contribution in [1.29, 1.82) is 0 Å². The molecule has 0 radical (unpaired) electrons. The molecule has 4 rings (SSSR count). The molecule has 1 aromatic carbocycles. The molecule has 3 aromatic heterocycles. The molecule has 0 atom stereocenters. The van der Waals surface area contributed by atoms with Crippen LogP contribution in [-0.4, -0.2) is 25.0 Å². The lowest BCUT2D eigenvalue weighted by Gasteiger charge is -2.04. The normalized spacial score (nSPS) is 11.0. The average molecular weight is 428 g/mol. The van der Waals surface area contributed by atoms with Crippen molar-refractivity contribution in [3.63, 3.8) is 0 Å². The summed E-state index contributed by atoms with van der Waals surface area (Å²) in [6, 6.07) is 11.8. The Hall–Kier alpha value is -2.78. The fourth-order valence-electron chi connectivity index (χ4n) is 2.67. The largest absolute Gasteiger partial charge is 0.486 e. The van der Waals surface area contributed by atoms with E-state index < -0.39 is 0 Å². The van der Waals surface area contributed by atoms with Crippen LogP contribution in [0.4, 0.5) is 4.39 Å². The first-order valence-corrected chi connectivity index (χ1v) is 10.8. The summed E-state index contributed by atoms with van der Waals surface area (Å²) in [5.41, 5.74) is 2.93. The maximum Gasteiger partial charge on any atom is 0.175 e. The first kappa shape index (κ1) is 19.5. The topological polar surface area (TPSA) is 65.7 Å². The molecule has 6 nitrogen and oxygen atoms in total. The number of hydrogen-bond donors (Lipinski definition) is 0. The fourth-order valence-corrected chi connectivity index (χ4v) is 4.19. The second-order valence-electron chi connectivity index (χ2n) is 6.33. The van der Waals surface area contributed by atoms with E-state index in [9.17, 15) is 4.39 Å². The first-order valence-electron chi connectivity index (χ1n) is 8.88. The molecule has 29 heavy (non-hydrogen) atoms. The van der Waals surface area contributed by atoms with Crippen molar-refractivity contribution in [2.75, 3.05) is 0 Å². The van der Waals surface area contributed by atoms with Crippen LogP contribution in [0.5, 0.6) is 5.75 Å². The van der Waals surface area contributed by atoms with Crippen molar-refractivity contribution in [2.45, 2.75) is 31.2 Å². The van der Waals surface area contributed by atoms with Gasteiger partial charge in [0.1, 0.15) is 28.2 Å². The number of nitrogens with zero attached hydrogens (tertiary/aromatic N) is 5. The predicted octanol–water partition coefficient (Wildman–Crippen LogP) is 4.75. The van der Waals surface area contributed by atoms with E-state index in [2.05, 4.69) is 20.3 Å². The van der Waals surface area contributed by atoms with Crippen LogP contribution in [0.15, 0.2) is 52.9 Å². The van der Waals surface area contributed by atoms with Gasteiger partial charge < -0.3 is 4.74 Å². The van der Waals surface area contributed by atoms with Gasteiger partial charge in [0.2, 0.25) is 0 Å². The van der Waals surface area contributed by atoms with Gasteiger partial charge in [-0.15, -0.1) is 21.5 Å². The second-order valence-corrected chi connectivity index (χ2v) is 8.27. The third-order valence-corrected chi connectivity index (χ3v) is 5.82. The summed E-state index contributed by atoms with van der Waals surface area (Å²) in [5.74, 6) is 1.74. The van der Waals surface area contributed by atoms with Crippen LogP contribution in [0.2, 0.25) is 0 Å². The predicted molar refractivity (Wildman–Crippen MR) is 111 cm³/mol. The van der Waals surface area contributed by atoms with Gasteiger partial charge in [-0.25, -0.2) is 14.1 Å². The first-order chi connectivity index (χ1) is 14.1. The molecule has 0 fully saturated rings. The molecule has 0 saturated carbocycles. The Kier molecular flexibility index (Phi) is 5.86. The van der Waals surface area contributed by atoms with Gasteiger partial charge in [-0.1, -0.05) is 11.8 Å². The number of rotatable bonds is 7. The van der Waals surface area contributed by atoms with Gasteiger partial charge in [0, 0.05) is 16.8 Å². The summed E-state index contributed by atoms with van der Waals surface area (Å²) in [6.45, 7) is 4.30. The van der Waals surface area contributed by atoms with E-state index in [1.807, 2.05) is 37.4 Å². The van der Waals surface area contributed by atoms with Crippen LogP contribution in [0.3, 0.4) is 0 Å². The van der Waals surface area contributed by atoms with Crippen LogP contribution in [-0.2, 0) is 12.4 Å². The quantitative estimate of drug-likeness (QED) is 0.397. The zero-order valence-electron chi connectivity index (χ0n) is 15.9. The minimum Gasteiger partial charge on any atom is -0.486 e. The highest BCUT2D eigenvalue weighted by Crippen LogP contribution is 2.23. The molecule has 9 heteroatoms. The molecular weight excluding hydrogens is 409 g/mol. The van der Waals surface area contributed by atoms with Crippen molar-refractivity contribution in [3.8, 4) is 11.6 Å². The lowest BCUT2D eigenvalue weighted by atomic mass is 10.3. The van der Waals surface area contributed by atoms with Crippen LogP contribution >= 0.6 is 23.1 Å². The summed E-state index contributed by atoms with van der Waals surface area (Å²) in [5, 5.41) is 16.7. The standard InChI is InChI=1S/C20H18FN5OS2/c1-13-9-14(2)26(25-13)18-7-8-19(24-23-18)28-11-16-12-29-20(22-16)10-27-17-5-3-15(21)4-6-17/h3-9,12H,10-11H2,1-2H3. The van der Waals surface area contributed by atoms with Crippen LogP contribution in [0.1, 0.15) is 22.1 Å². The summed E-state index contributed by atoms with van der Waals surface area (Å²) in [7, 11) is 0.